The molecule has 0 saturated carbocycles. The van der Waals surface area contributed by atoms with Crippen LogP contribution in [0.1, 0.15) is 49.8 Å². The molecule has 22 heavy (non-hydrogen) atoms. The number of aryl methyl sites for hydroxylation is 1. The Hall–Kier alpha value is -1.39. The number of piperidine rings is 1. The fourth-order valence-corrected chi connectivity index (χ4v) is 3.64. The third kappa shape index (κ3) is 3.33. The first-order valence-corrected chi connectivity index (χ1v) is 8.46. The van der Waals surface area contributed by atoms with Crippen LogP contribution in [-0.2, 0) is 11.2 Å². The molecule has 0 aromatic heterocycles. The Morgan fingerprint density at radius 3 is 2.68 bits per heavy atom. The van der Waals surface area contributed by atoms with Gasteiger partial charge < -0.3 is 14.9 Å². The first-order chi connectivity index (χ1) is 10.6. The van der Waals surface area contributed by atoms with Gasteiger partial charge in [0.2, 0.25) is 5.91 Å². The molecule has 120 valence electrons. The molecule has 1 aromatic carbocycles. The number of aliphatic hydroxyl groups excluding tert-OH is 1. The molecule has 2 heterocycles. The summed E-state index contributed by atoms with van der Waals surface area (Å²) in [5, 5.41) is 10.5. The van der Waals surface area contributed by atoms with E-state index in [0.29, 0.717) is 0 Å². The molecular formula is C18H26N2O2. The van der Waals surface area contributed by atoms with Crippen LogP contribution in [0.5, 0.6) is 0 Å². The maximum atomic E-state index is 11.7. The van der Waals surface area contributed by atoms with Crippen LogP contribution >= 0.6 is 0 Å². The minimum absolute atomic E-state index is 0.0996. The quantitative estimate of drug-likeness (QED) is 0.933. The maximum Gasteiger partial charge on any atom is 0.223 e. The Bertz CT molecular complexity index is 538. The Kier molecular flexibility index (Phi) is 4.79. The summed E-state index contributed by atoms with van der Waals surface area (Å²) in [5.41, 5.74) is 3.19. The lowest BCUT2D eigenvalue weighted by molar-refractivity contribution is -0.116. The minimum atomic E-state index is -0.434. The molecular weight excluding hydrogens is 276 g/mol. The molecule has 1 saturated heterocycles. The van der Waals surface area contributed by atoms with Gasteiger partial charge in [0.25, 0.3) is 0 Å². The predicted octanol–water partition coefficient (Wildman–Crippen LogP) is 2.51. The van der Waals surface area contributed by atoms with E-state index >= 15 is 0 Å². The van der Waals surface area contributed by atoms with Gasteiger partial charge in [-0.1, -0.05) is 18.6 Å². The van der Waals surface area contributed by atoms with Gasteiger partial charge in [0.05, 0.1) is 6.10 Å². The van der Waals surface area contributed by atoms with Gasteiger partial charge in [0.15, 0.2) is 0 Å². The number of nitrogens with zero attached hydrogens (tertiary/aromatic N) is 2. The fourth-order valence-electron chi connectivity index (χ4n) is 3.64. The average molecular weight is 302 g/mol. The third-order valence-electron chi connectivity index (χ3n) is 4.87. The summed E-state index contributed by atoms with van der Waals surface area (Å²) in [6.07, 6.45) is 5.35. The van der Waals surface area contributed by atoms with Gasteiger partial charge in [0, 0.05) is 25.7 Å². The normalized spacial score (nSPS) is 20.5. The SMILES string of the molecule is CC(=O)N1CCCc2cc(C(O)CN3CCCCC3)ccc21. The Morgan fingerprint density at radius 2 is 1.95 bits per heavy atom. The van der Waals surface area contributed by atoms with Crippen LogP contribution in [0.2, 0.25) is 0 Å². The summed E-state index contributed by atoms with van der Waals surface area (Å²) in [6.45, 7) is 5.33. The number of carbonyl (C=O) groups excluding carboxylic acids is 1. The van der Waals surface area contributed by atoms with Crippen LogP contribution in [0.15, 0.2) is 18.2 Å². The maximum absolute atomic E-state index is 11.7. The Balaban J connectivity index is 1.73. The molecule has 0 radical (unpaired) electrons. The van der Waals surface area contributed by atoms with Crippen molar-refractivity contribution in [1.29, 1.82) is 0 Å². The monoisotopic (exact) mass is 302 g/mol. The summed E-state index contributed by atoms with van der Waals surface area (Å²) in [4.78, 5) is 15.9. The number of carbonyl (C=O) groups is 1. The van der Waals surface area contributed by atoms with Gasteiger partial charge in [-0.25, -0.2) is 0 Å². The summed E-state index contributed by atoms with van der Waals surface area (Å²) >= 11 is 0. The van der Waals surface area contributed by atoms with E-state index in [4.69, 9.17) is 0 Å². The van der Waals surface area contributed by atoms with Crippen molar-refractivity contribution in [3.63, 3.8) is 0 Å². The molecule has 1 atom stereocenters. The minimum Gasteiger partial charge on any atom is -0.387 e. The van der Waals surface area contributed by atoms with Gasteiger partial charge in [-0.15, -0.1) is 0 Å². The van der Waals surface area contributed by atoms with Crippen molar-refractivity contribution in [2.75, 3.05) is 31.1 Å². The molecule has 1 N–H and O–H groups in total. The number of aliphatic hydroxyl groups is 1. The van der Waals surface area contributed by atoms with E-state index in [0.717, 1.165) is 50.3 Å². The zero-order valence-electron chi connectivity index (χ0n) is 13.4. The summed E-state index contributed by atoms with van der Waals surface area (Å²) < 4.78 is 0. The van der Waals surface area contributed by atoms with Crippen LogP contribution in [0.3, 0.4) is 0 Å². The molecule has 4 nitrogen and oxygen atoms in total. The molecule has 2 aliphatic heterocycles. The molecule has 0 bridgehead atoms. The second kappa shape index (κ2) is 6.80. The summed E-state index contributed by atoms with van der Waals surface area (Å²) in [5.74, 6) is 0.0996. The van der Waals surface area contributed by atoms with Crippen molar-refractivity contribution in [3.05, 3.63) is 29.3 Å². The highest BCUT2D eigenvalue weighted by Gasteiger charge is 2.22. The van der Waals surface area contributed by atoms with Crippen molar-refractivity contribution < 1.29 is 9.90 Å². The highest BCUT2D eigenvalue weighted by molar-refractivity contribution is 5.92. The topological polar surface area (TPSA) is 43.8 Å². The van der Waals surface area contributed by atoms with E-state index in [1.54, 1.807) is 6.92 Å². The van der Waals surface area contributed by atoms with Gasteiger partial charge in [-0.2, -0.15) is 0 Å². The number of β-amino-alcohol motifs (C(OH)–C–C–N with tert-alkyl or cyclic N) is 1. The second-order valence-electron chi connectivity index (χ2n) is 6.54. The zero-order chi connectivity index (χ0) is 15.5. The average Bonchev–Trinajstić information content (AvgIpc) is 2.54. The molecule has 4 heteroatoms. The lowest BCUT2D eigenvalue weighted by Crippen LogP contribution is -2.34. The van der Waals surface area contributed by atoms with E-state index in [1.807, 2.05) is 17.0 Å². The summed E-state index contributed by atoms with van der Waals surface area (Å²) in [7, 11) is 0. The van der Waals surface area contributed by atoms with E-state index in [-0.39, 0.29) is 5.91 Å². The molecule has 1 fully saturated rings. The highest BCUT2D eigenvalue weighted by Crippen LogP contribution is 2.30. The Labute approximate surface area is 132 Å². The number of amides is 1. The number of fused-ring (bicyclic) bond motifs is 1. The summed E-state index contributed by atoms with van der Waals surface area (Å²) in [6, 6.07) is 6.08. The van der Waals surface area contributed by atoms with Gasteiger partial charge >= 0.3 is 0 Å². The molecule has 1 unspecified atom stereocenters. The van der Waals surface area contributed by atoms with E-state index in [9.17, 15) is 9.90 Å². The van der Waals surface area contributed by atoms with Crippen molar-refractivity contribution in [1.82, 2.24) is 4.90 Å². The second-order valence-corrected chi connectivity index (χ2v) is 6.54. The van der Waals surface area contributed by atoms with Gasteiger partial charge in [0.1, 0.15) is 0 Å². The molecule has 2 aliphatic rings. The standard InChI is InChI=1S/C18H26N2O2/c1-14(21)20-11-5-6-15-12-16(7-8-17(15)20)18(22)13-19-9-3-2-4-10-19/h7-8,12,18,22H,2-6,9-11,13H2,1H3. The predicted molar refractivity (Wildman–Crippen MR) is 88.0 cm³/mol. The van der Waals surface area contributed by atoms with E-state index in [1.165, 1.54) is 24.8 Å². The molecule has 3 rings (SSSR count). The third-order valence-corrected chi connectivity index (χ3v) is 4.87. The first kappa shape index (κ1) is 15.5. The number of hydrogen-bond acceptors (Lipinski definition) is 3. The van der Waals surface area contributed by atoms with Gasteiger partial charge in [-0.3, -0.25) is 4.79 Å². The van der Waals surface area contributed by atoms with Crippen LogP contribution < -0.4 is 4.90 Å². The van der Waals surface area contributed by atoms with Crippen molar-refractivity contribution in [2.45, 2.75) is 45.1 Å². The lowest BCUT2D eigenvalue weighted by atomic mass is 9.96. The number of rotatable bonds is 3. The highest BCUT2D eigenvalue weighted by atomic mass is 16.3. The lowest BCUT2D eigenvalue weighted by Gasteiger charge is -2.31. The van der Waals surface area contributed by atoms with Crippen LogP contribution in [0.25, 0.3) is 0 Å². The first-order valence-electron chi connectivity index (χ1n) is 8.46. The van der Waals surface area contributed by atoms with Crippen LogP contribution in [-0.4, -0.2) is 42.1 Å². The zero-order valence-corrected chi connectivity index (χ0v) is 13.4. The van der Waals surface area contributed by atoms with Crippen LogP contribution in [0, 0.1) is 0 Å². The number of hydrogen-bond donors (Lipinski definition) is 1. The van der Waals surface area contributed by atoms with Crippen molar-refractivity contribution in [3.8, 4) is 0 Å². The molecule has 0 spiro atoms. The van der Waals surface area contributed by atoms with E-state index in [2.05, 4.69) is 11.0 Å². The van der Waals surface area contributed by atoms with E-state index < -0.39 is 6.10 Å². The Morgan fingerprint density at radius 1 is 1.18 bits per heavy atom. The van der Waals surface area contributed by atoms with Crippen molar-refractivity contribution >= 4 is 11.6 Å². The largest absolute Gasteiger partial charge is 0.387 e. The fraction of sp³-hybridized carbons (Fsp3) is 0.611. The number of likely N-dealkylation sites (tertiary alicyclic amines) is 1. The number of anilines is 1. The van der Waals surface area contributed by atoms with Gasteiger partial charge in [-0.05, 0) is 56.0 Å². The molecule has 1 amide bonds. The smallest absolute Gasteiger partial charge is 0.223 e. The van der Waals surface area contributed by atoms with Crippen LogP contribution in [0.4, 0.5) is 5.69 Å². The molecule has 0 aliphatic carbocycles. The molecule has 1 aromatic rings. The number of benzene rings is 1. The van der Waals surface area contributed by atoms with Crippen molar-refractivity contribution in [2.24, 2.45) is 0 Å².